The first-order valence-electron chi connectivity index (χ1n) is 4.58. The summed E-state index contributed by atoms with van der Waals surface area (Å²) in [5.74, 6) is 0.778. The van der Waals surface area contributed by atoms with Crippen LogP contribution in [0, 0.1) is 5.41 Å². The highest BCUT2D eigenvalue weighted by Crippen LogP contribution is 2.47. The van der Waals surface area contributed by atoms with E-state index >= 15 is 0 Å². The smallest absolute Gasteiger partial charge is 0.0357 e. The lowest BCUT2D eigenvalue weighted by Crippen LogP contribution is -2.35. The molecule has 1 fully saturated rings. The molecule has 0 aromatic heterocycles. The van der Waals surface area contributed by atoms with Gasteiger partial charge in [-0.3, -0.25) is 4.21 Å². The van der Waals surface area contributed by atoms with E-state index in [2.05, 4.69) is 19.2 Å². The van der Waals surface area contributed by atoms with Crippen molar-refractivity contribution >= 4 is 10.8 Å². The van der Waals surface area contributed by atoms with Gasteiger partial charge in [0.25, 0.3) is 0 Å². The second-order valence-electron chi connectivity index (χ2n) is 4.11. The topological polar surface area (TPSA) is 29.1 Å². The summed E-state index contributed by atoms with van der Waals surface area (Å²) in [6.45, 7) is 5.43. The van der Waals surface area contributed by atoms with E-state index < -0.39 is 10.8 Å². The van der Waals surface area contributed by atoms with Gasteiger partial charge in [-0.25, -0.2) is 0 Å². The van der Waals surface area contributed by atoms with Crippen LogP contribution in [-0.4, -0.2) is 28.8 Å². The third kappa shape index (κ3) is 2.87. The lowest BCUT2D eigenvalue weighted by atomic mass is 10.0. The van der Waals surface area contributed by atoms with Gasteiger partial charge in [0, 0.05) is 35.4 Å². The normalized spacial score (nSPS) is 24.9. The Morgan fingerprint density at radius 3 is 2.58 bits per heavy atom. The zero-order valence-corrected chi connectivity index (χ0v) is 9.04. The van der Waals surface area contributed by atoms with Crippen LogP contribution in [0.2, 0.25) is 0 Å². The lowest BCUT2D eigenvalue weighted by Gasteiger charge is -2.19. The molecule has 0 aromatic carbocycles. The highest BCUT2D eigenvalue weighted by atomic mass is 32.2. The van der Waals surface area contributed by atoms with Gasteiger partial charge in [0.05, 0.1) is 0 Å². The van der Waals surface area contributed by atoms with Gasteiger partial charge in [-0.05, 0) is 25.2 Å². The Morgan fingerprint density at radius 2 is 2.17 bits per heavy atom. The van der Waals surface area contributed by atoms with Crippen LogP contribution in [0.4, 0.5) is 0 Å². The minimum atomic E-state index is -0.651. The zero-order chi connectivity index (χ0) is 9.19. The van der Waals surface area contributed by atoms with Crippen LogP contribution in [0.15, 0.2) is 0 Å². The van der Waals surface area contributed by atoms with Crippen LogP contribution in [0.3, 0.4) is 0 Å². The fourth-order valence-corrected chi connectivity index (χ4v) is 1.70. The van der Waals surface area contributed by atoms with E-state index in [0.717, 1.165) is 12.3 Å². The monoisotopic (exact) mass is 189 g/mol. The summed E-state index contributed by atoms with van der Waals surface area (Å²) >= 11 is 0. The molecule has 0 aliphatic heterocycles. The Hall–Kier alpha value is 0.110. The fourth-order valence-electron chi connectivity index (χ4n) is 1.30. The number of nitrogens with one attached hydrogen (secondary N) is 1. The van der Waals surface area contributed by atoms with Gasteiger partial charge in [-0.15, -0.1) is 0 Å². The van der Waals surface area contributed by atoms with Crippen molar-refractivity contribution in [3.05, 3.63) is 0 Å². The van der Waals surface area contributed by atoms with Crippen LogP contribution in [0.25, 0.3) is 0 Å². The summed E-state index contributed by atoms with van der Waals surface area (Å²) in [6.07, 6.45) is 4.44. The van der Waals surface area contributed by atoms with Gasteiger partial charge in [0.1, 0.15) is 0 Å². The summed E-state index contributed by atoms with van der Waals surface area (Å²) in [5.41, 5.74) is 0.537. The molecule has 0 saturated heterocycles. The summed E-state index contributed by atoms with van der Waals surface area (Å²) in [5, 5.41) is 3.42. The van der Waals surface area contributed by atoms with Crippen molar-refractivity contribution in [1.82, 2.24) is 5.32 Å². The van der Waals surface area contributed by atoms with E-state index in [-0.39, 0.29) is 0 Å². The van der Waals surface area contributed by atoms with E-state index in [1.165, 1.54) is 12.8 Å². The number of rotatable bonds is 5. The minimum Gasteiger partial charge on any atom is -0.313 e. The summed E-state index contributed by atoms with van der Waals surface area (Å²) in [4.78, 5) is 0. The third-order valence-corrected chi connectivity index (χ3v) is 3.70. The molecule has 2 atom stereocenters. The Morgan fingerprint density at radius 1 is 1.58 bits per heavy atom. The van der Waals surface area contributed by atoms with Gasteiger partial charge < -0.3 is 5.32 Å². The molecule has 1 N–H and O–H groups in total. The van der Waals surface area contributed by atoms with Gasteiger partial charge >= 0.3 is 0 Å². The first kappa shape index (κ1) is 10.2. The second-order valence-corrected chi connectivity index (χ2v) is 5.66. The molecule has 1 aliphatic carbocycles. The maximum Gasteiger partial charge on any atom is 0.0357 e. The molecule has 0 aromatic rings. The van der Waals surface area contributed by atoms with E-state index in [1.54, 1.807) is 6.26 Å². The van der Waals surface area contributed by atoms with Gasteiger partial charge in [0.15, 0.2) is 0 Å². The predicted octanol–water partition coefficient (Wildman–Crippen LogP) is 1.14. The summed E-state index contributed by atoms with van der Waals surface area (Å²) < 4.78 is 10.8. The predicted molar refractivity (Wildman–Crippen MR) is 53.7 cm³/mol. The molecule has 0 spiro atoms. The van der Waals surface area contributed by atoms with Crippen LogP contribution in [0.1, 0.15) is 26.7 Å². The molecule has 1 rings (SSSR count). The fraction of sp³-hybridized carbons (Fsp3) is 1.00. The van der Waals surface area contributed by atoms with E-state index in [4.69, 9.17) is 0 Å². The molecular weight excluding hydrogens is 170 g/mol. The summed E-state index contributed by atoms with van der Waals surface area (Å²) in [7, 11) is -0.651. The minimum absolute atomic E-state index is 0.537. The van der Waals surface area contributed by atoms with E-state index in [0.29, 0.717) is 11.5 Å². The zero-order valence-electron chi connectivity index (χ0n) is 8.22. The molecule has 2 unspecified atom stereocenters. The van der Waals surface area contributed by atoms with Crippen molar-refractivity contribution in [2.75, 3.05) is 18.6 Å². The average molecular weight is 189 g/mol. The molecule has 12 heavy (non-hydrogen) atoms. The van der Waals surface area contributed by atoms with Crippen LogP contribution in [-0.2, 0) is 10.8 Å². The average Bonchev–Trinajstić information content (AvgIpc) is 2.68. The molecule has 0 amide bonds. The molecule has 2 nitrogen and oxygen atoms in total. The molecule has 3 heteroatoms. The highest BCUT2D eigenvalue weighted by Gasteiger charge is 2.41. The standard InChI is InChI=1S/C9H19NOS/c1-8(9(2)4-5-9)10-6-7-12(3)11/h8,10H,4-7H2,1-3H3. The van der Waals surface area contributed by atoms with Crippen LogP contribution < -0.4 is 5.32 Å². The number of hydrogen-bond donors (Lipinski definition) is 1. The maximum atomic E-state index is 10.8. The first-order valence-corrected chi connectivity index (χ1v) is 6.31. The highest BCUT2D eigenvalue weighted by molar-refractivity contribution is 7.84. The molecule has 0 heterocycles. The van der Waals surface area contributed by atoms with Crippen molar-refractivity contribution in [2.24, 2.45) is 5.41 Å². The summed E-state index contributed by atoms with van der Waals surface area (Å²) in [6, 6.07) is 0.584. The first-order chi connectivity index (χ1) is 5.54. The quantitative estimate of drug-likeness (QED) is 0.703. The molecule has 72 valence electrons. The Labute approximate surface area is 77.6 Å². The van der Waals surface area contributed by atoms with E-state index in [9.17, 15) is 4.21 Å². The Bertz CT molecular complexity index is 177. The largest absolute Gasteiger partial charge is 0.313 e. The Kier molecular flexibility index (Phi) is 3.29. The molecular formula is C9H19NOS. The van der Waals surface area contributed by atoms with E-state index in [1.807, 2.05) is 0 Å². The van der Waals surface area contributed by atoms with Crippen molar-refractivity contribution < 1.29 is 4.21 Å². The van der Waals surface area contributed by atoms with Crippen molar-refractivity contribution in [3.8, 4) is 0 Å². The van der Waals surface area contributed by atoms with Crippen molar-refractivity contribution in [3.63, 3.8) is 0 Å². The molecule has 1 saturated carbocycles. The maximum absolute atomic E-state index is 10.8. The lowest BCUT2D eigenvalue weighted by molar-refractivity contribution is 0.390. The van der Waals surface area contributed by atoms with Gasteiger partial charge in [-0.2, -0.15) is 0 Å². The van der Waals surface area contributed by atoms with Crippen LogP contribution in [0.5, 0.6) is 0 Å². The van der Waals surface area contributed by atoms with Gasteiger partial charge in [0.2, 0.25) is 0 Å². The van der Waals surface area contributed by atoms with Crippen molar-refractivity contribution in [1.29, 1.82) is 0 Å². The molecule has 0 radical (unpaired) electrons. The van der Waals surface area contributed by atoms with Crippen LogP contribution >= 0.6 is 0 Å². The SMILES string of the molecule is CC(NCCS(C)=O)C1(C)CC1. The Balaban J connectivity index is 2.10. The third-order valence-electron chi connectivity index (χ3n) is 2.92. The van der Waals surface area contributed by atoms with Gasteiger partial charge in [-0.1, -0.05) is 6.92 Å². The number of hydrogen-bond acceptors (Lipinski definition) is 2. The van der Waals surface area contributed by atoms with Crippen molar-refractivity contribution in [2.45, 2.75) is 32.7 Å². The molecule has 1 aliphatic rings. The molecule has 0 bridgehead atoms. The second kappa shape index (κ2) is 3.88.